The van der Waals surface area contributed by atoms with Gasteiger partial charge in [-0.25, -0.2) is 9.18 Å². The van der Waals surface area contributed by atoms with Crippen molar-refractivity contribution in [3.63, 3.8) is 0 Å². The summed E-state index contributed by atoms with van der Waals surface area (Å²) in [6, 6.07) is 2.95. The van der Waals surface area contributed by atoms with E-state index < -0.39 is 28.4 Å². The van der Waals surface area contributed by atoms with Gasteiger partial charge in [-0.15, -0.1) is 0 Å². The molecule has 2 atom stereocenters. The molecule has 0 radical (unpaired) electrons. The van der Waals surface area contributed by atoms with Crippen molar-refractivity contribution in [2.75, 3.05) is 26.2 Å². The summed E-state index contributed by atoms with van der Waals surface area (Å²) in [6.45, 7) is 1.90. The highest BCUT2D eigenvalue weighted by Crippen LogP contribution is 2.43. The quantitative estimate of drug-likeness (QED) is 0.701. The van der Waals surface area contributed by atoms with Crippen molar-refractivity contribution < 1.29 is 19.0 Å². The second-order valence-electron chi connectivity index (χ2n) is 7.81. The lowest BCUT2D eigenvalue weighted by Gasteiger charge is -2.40. The third-order valence-electron chi connectivity index (χ3n) is 6.12. The fourth-order valence-corrected chi connectivity index (χ4v) is 4.68. The van der Waals surface area contributed by atoms with E-state index in [1.807, 2.05) is 0 Å². The Labute approximate surface area is 164 Å². The summed E-state index contributed by atoms with van der Waals surface area (Å²) < 4.78 is 23.2. The smallest absolute Gasteiger partial charge is 0.341 e. The number of pyridine rings is 1. The molecule has 1 aromatic heterocycles. The van der Waals surface area contributed by atoms with Crippen molar-refractivity contribution in [2.45, 2.75) is 30.5 Å². The fraction of sp³-hybridized carbons (Fsp3) is 0.450. The highest BCUT2D eigenvalue weighted by molar-refractivity contribution is 5.95. The maximum absolute atomic E-state index is 15.5. The third kappa shape index (κ3) is 2.53. The number of aromatic carboxylic acids is 1. The van der Waals surface area contributed by atoms with Gasteiger partial charge in [-0.2, -0.15) is 5.26 Å². The Hall–Kier alpha value is -2.80. The van der Waals surface area contributed by atoms with Crippen molar-refractivity contribution in [1.82, 2.24) is 15.2 Å². The molecule has 5 rings (SSSR count). The Balaban J connectivity index is 1.88. The van der Waals surface area contributed by atoms with Crippen LogP contribution < -0.4 is 16.1 Å². The fourth-order valence-electron chi connectivity index (χ4n) is 4.68. The molecule has 1 saturated carbocycles. The number of fused-ring (bicyclic) bond motifs is 2. The molecule has 9 heteroatoms. The van der Waals surface area contributed by atoms with E-state index in [1.165, 1.54) is 6.20 Å². The summed E-state index contributed by atoms with van der Waals surface area (Å²) in [5, 5.41) is 25.9. The summed E-state index contributed by atoms with van der Waals surface area (Å²) in [5.74, 6) is -2.10. The summed E-state index contributed by atoms with van der Waals surface area (Å²) in [7, 11) is 0. The van der Waals surface area contributed by atoms with Crippen LogP contribution in [0.2, 0.25) is 0 Å². The normalized spacial score (nSPS) is 26.3. The van der Waals surface area contributed by atoms with E-state index in [2.05, 4.69) is 16.7 Å². The number of carboxylic acid groups (broad SMARTS) is 1. The lowest BCUT2D eigenvalue weighted by molar-refractivity contribution is -0.0799. The minimum absolute atomic E-state index is 0.0120. The van der Waals surface area contributed by atoms with Crippen molar-refractivity contribution in [3.8, 4) is 6.07 Å². The van der Waals surface area contributed by atoms with Crippen LogP contribution in [0.4, 0.5) is 4.39 Å². The molecule has 2 aliphatic heterocycles. The van der Waals surface area contributed by atoms with E-state index in [9.17, 15) is 20.0 Å². The summed E-state index contributed by atoms with van der Waals surface area (Å²) in [6.07, 6.45) is 2.90. The first-order valence-corrected chi connectivity index (χ1v) is 9.61. The lowest BCUT2D eigenvalue weighted by Crippen LogP contribution is -2.56. The SMILES string of the molecule is N#Cc1c([C@@]23CNC[C@@H]2NCCO3)c(F)cc2c(=O)c(C(=O)O)cn(C3CC3)c12. The standard InChI is InChI=1S/C20H19FN4O4/c21-14-5-11-17(25(10-1-2-10)8-13(18(11)26)19(27)28)12(6-22)16(14)20-9-23-7-15(20)24-3-4-29-20/h5,8,10,15,23-24H,1-4,7,9H2,(H,27,28)/t15-,20+/m0/s1. The maximum Gasteiger partial charge on any atom is 0.341 e. The zero-order valence-corrected chi connectivity index (χ0v) is 15.5. The molecule has 29 heavy (non-hydrogen) atoms. The molecule has 0 bridgehead atoms. The van der Waals surface area contributed by atoms with Crippen molar-refractivity contribution in [3.05, 3.63) is 45.0 Å². The van der Waals surface area contributed by atoms with Crippen molar-refractivity contribution in [1.29, 1.82) is 5.26 Å². The minimum atomic E-state index is -1.37. The van der Waals surface area contributed by atoms with Gasteiger partial charge in [0.2, 0.25) is 5.43 Å². The number of benzene rings is 1. The van der Waals surface area contributed by atoms with Crippen LogP contribution in [0, 0.1) is 17.1 Å². The Morgan fingerprint density at radius 1 is 1.45 bits per heavy atom. The van der Waals surface area contributed by atoms with Crippen LogP contribution in [0.15, 0.2) is 17.1 Å². The maximum atomic E-state index is 15.5. The number of halogens is 1. The molecule has 1 aromatic carbocycles. The molecule has 3 fully saturated rings. The third-order valence-corrected chi connectivity index (χ3v) is 6.12. The number of carboxylic acids is 1. The Kier molecular flexibility index (Phi) is 4.00. The van der Waals surface area contributed by atoms with Crippen LogP contribution in [0.5, 0.6) is 0 Å². The van der Waals surface area contributed by atoms with Crippen molar-refractivity contribution in [2.24, 2.45) is 0 Å². The first-order valence-electron chi connectivity index (χ1n) is 9.61. The number of nitrogens with one attached hydrogen (secondary N) is 2. The molecule has 8 nitrogen and oxygen atoms in total. The van der Waals surface area contributed by atoms with Gasteiger partial charge in [-0.05, 0) is 18.9 Å². The lowest BCUT2D eigenvalue weighted by atomic mass is 9.83. The first-order chi connectivity index (χ1) is 14.0. The van der Waals surface area contributed by atoms with Crippen LogP contribution >= 0.6 is 0 Å². The number of nitrogens with zero attached hydrogens (tertiary/aromatic N) is 2. The van der Waals surface area contributed by atoms with Crippen LogP contribution in [-0.2, 0) is 10.3 Å². The van der Waals surface area contributed by atoms with Gasteiger partial charge < -0.3 is 25.0 Å². The van der Waals surface area contributed by atoms with E-state index in [1.54, 1.807) is 4.57 Å². The predicted molar refractivity (Wildman–Crippen MR) is 100 cm³/mol. The zero-order valence-electron chi connectivity index (χ0n) is 15.5. The molecule has 0 amide bonds. The molecule has 3 heterocycles. The second kappa shape index (κ2) is 6.35. The van der Waals surface area contributed by atoms with Gasteiger partial charge in [-0.3, -0.25) is 4.79 Å². The number of morpholine rings is 1. The monoisotopic (exact) mass is 398 g/mol. The number of hydrogen-bond donors (Lipinski definition) is 3. The van der Waals surface area contributed by atoms with Gasteiger partial charge in [0.05, 0.1) is 29.1 Å². The van der Waals surface area contributed by atoms with Gasteiger partial charge >= 0.3 is 5.97 Å². The van der Waals surface area contributed by atoms with E-state index >= 15 is 4.39 Å². The molecule has 2 aromatic rings. The molecule has 3 N–H and O–H groups in total. The topological polar surface area (TPSA) is 116 Å². The number of hydrogen-bond acceptors (Lipinski definition) is 6. The second-order valence-corrected chi connectivity index (χ2v) is 7.81. The average molecular weight is 398 g/mol. The highest BCUT2D eigenvalue weighted by atomic mass is 19.1. The Morgan fingerprint density at radius 2 is 2.24 bits per heavy atom. The van der Waals surface area contributed by atoms with E-state index in [-0.39, 0.29) is 34.1 Å². The molecular formula is C20H19FN4O4. The van der Waals surface area contributed by atoms with E-state index in [0.29, 0.717) is 26.2 Å². The number of ether oxygens (including phenoxy) is 1. The number of rotatable bonds is 3. The van der Waals surface area contributed by atoms with Crippen LogP contribution in [0.25, 0.3) is 10.9 Å². The molecule has 150 valence electrons. The van der Waals surface area contributed by atoms with E-state index in [4.69, 9.17) is 4.74 Å². The summed E-state index contributed by atoms with van der Waals surface area (Å²) in [4.78, 5) is 24.3. The Morgan fingerprint density at radius 3 is 2.93 bits per heavy atom. The van der Waals surface area contributed by atoms with Gasteiger partial charge in [-0.1, -0.05) is 0 Å². The summed E-state index contributed by atoms with van der Waals surface area (Å²) >= 11 is 0. The Bertz CT molecular complexity index is 1150. The van der Waals surface area contributed by atoms with Gasteiger partial charge in [0.15, 0.2) is 0 Å². The van der Waals surface area contributed by atoms with E-state index in [0.717, 1.165) is 18.9 Å². The average Bonchev–Trinajstić information content (AvgIpc) is 3.45. The minimum Gasteiger partial charge on any atom is -0.477 e. The molecular weight excluding hydrogens is 379 g/mol. The van der Waals surface area contributed by atoms with Gasteiger partial charge in [0.25, 0.3) is 0 Å². The van der Waals surface area contributed by atoms with Gasteiger partial charge in [0.1, 0.15) is 23.1 Å². The predicted octanol–water partition coefficient (Wildman–Crippen LogP) is 0.832. The molecule has 2 saturated heterocycles. The molecule has 3 aliphatic rings. The zero-order chi connectivity index (χ0) is 20.3. The van der Waals surface area contributed by atoms with Gasteiger partial charge in [0, 0.05) is 37.4 Å². The number of carbonyl (C=O) groups is 1. The van der Waals surface area contributed by atoms with Crippen LogP contribution in [0.1, 0.15) is 40.4 Å². The first kappa shape index (κ1) is 18.2. The van der Waals surface area contributed by atoms with Crippen LogP contribution in [0.3, 0.4) is 0 Å². The summed E-state index contributed by atoms with van der Waals surface area (Å²) in [5.41, 5.74) is -1.81. The molecule has 0 unspecified atom stereocenters. The number of nitriles is 1. The van der Waals surface area contributed by atoms with Crippen molar-refractivity contribution >= 4 is 16.9 Å². The largest absolute Gasteiger partial charge is 0.477 e. The molecule has 1 aliphatic carbocycles. The number of aromatic nitrogens is 1. The van der Waals surface area contributed by atoms with Crippen LogP contribution in [-0.4, -0.2) is 47.9 Å². The highest BCUT2D eigenvalue weighted by Gasteiger charge is 2.51. The molecule has 0 spiro atoms.